The Labute approximate surface area is 140 Å². The van der Waals surface area contributed by atoms with Crippen LogP contribution >= 0.6 is 0 Å². The minimum absolute atomic E-state index is 0.00952. The van der Waals surface area contributed by atoms with Crippen molar-refractivity contribution in [3.05, 3.63) is 64.8 Å². The monoisotopic (exact) mass is 317 g/mol. The van der Waals surface area contributed by atoms with Gasteiger partial charge in [0.15, 0.2) is 0 Å². The predicted octanol–water partition coefficient (Wildman–Crippen LogP) is 4.38. The fourth-order valence-electron chi connectivity index (χ4n) is 3.19. The Bertz CT molecular complexity index is 964. The summed E-state index contributed by atoms with van der Waals surface area (Å²) in [6.45, 7) is 4.10. The number of nitrogens with one attached hydrogen (secondary N) is 2. The summed E-state index contributed by atoms with van der Waals surface area (Å²) in [6, 6.07) is 14.2. The van der Waals surface area contributed by atoms with E-state index in [2.05, 4.69) is 40.6 Å². The van der Waals surface area contributed by atoms with Crippen LogP contribution in [0.4, 0.5) is 5.69 Å². The molecule has 0 fully saturated rings. The van der Waals surface area contributed by atoms with Gasteiger partial charge in [0, 0.05) is 10.9 Å². The van der Waals surface area contributed by atoms with Gasteiger partial charge in [0.05, 0.1) is 11.4 Å². The van der Waals surface area contributed by atoms with Crippen molar-refractivity contribution in [3.63, 3.8) is 0 Å². The van der Waals surface area contributed by atoms with E-state index in [9.17, 15) is 4.79 Å². The van der Waals surface area contributed by atoms with Crippen LogP contribution in [-0.2, 0) is 6.42 Å². The molecule has 0 saturated heterocycles. The summed E-state index contributed by atoms with van der Waals surface area (Å²) in [5.41, 5.74) is 9.67. The smallest absolute Gasteiger partial charge is 0.225 e. The number of aromatic nitrogens is 1. The predicted molar refractivity (Wildman–Crippen MR) is 97.9 cm³/mol. The Balaban J connectivity index is 1.65. The summed E-state index contributed by atoms with van der Waals surface area (Å²) in [4.78, 5) is 16.0. The molecular formula is C20H19N3O. The van der Waals surface area contributed by atoms with E-state index in [1.54, 1.807) is 0 Å². The lowest BCUT2D eigenvalue weighted by Gasteiger charge is -2.13. The Hall–Kier alpha value is -2.88. The Kier molecular flexibility index (Phi) is 3.45. The molecule has 3 aromatic rings. The first-order valence-corrected chi connectivity index (χ1v) is 8.17. The molecule has 1 aromatic heterocycles. The van der Waals surface area contributed by atoms with Gasteiger partial charge in [-0.3, -0.25) is 10.2 Å². The second kappa shape index (κ2) is 5.64. The molecule has 120 valence electrons. The van der Waals surface area contributed by atoms with Gasteiger partial charge in [0.2, 0.25) is 5.78 Å². The van der Waals surface area contributed by atoms with Gasteiger partial charge in [0.1, 0.15) is 5.71 Å². The van der Waals surface area contributed by atoms with E-state index < -0.39 is 0 Å². The molecule has 24 heavy (non-hydrogen) atoms. The zero-order chi connectivity index (χ0) is 16.7. The topological polar surface area (TPSA) is 57.2 Å². The highest BCUT2D eigenvalue weighted by Crippen LogP contribution is 2.29. The standard InChI is InChI=1S/C20H19N3O/c1-12-3-6-14(7-4-12)22-23-17-10-9-16-15-8-5-13(2)11-18(15)21-19(16)20(17)24/h3-8,11,21-22H,9-10H2,1-2H3/b23-17+. The number of nitrogens with zero attached hydrogens (tertiary/aromatic N) is 1. The van der Waals surface area contributed by atoms with E-state index in [4.69, 9.17) is 0 Å². The normalized spacial score (nSPS) is 15.8. The van der Waals surface area contributed by atoms with Crippen LogP contribution in [0.2, 0.25) is 0 Å². The van der Waals surface area contributed by atoms with E-state index in [1.165, 1.54) is 11.1 Å². The number of anilines is 1. The number of fused-ring (bicyclic) bond motifs is 3. The molecule has 0 radical (unpaired) electrons. The van der Waals surface area contributed by atoms with Gasteiger partial charge in [-0.1, -0.05) is 29.8 Å². The SMILES string of the molecule is Cc1ccc(N/N=C2\CCc3c([nH]c4cc(C)ccc34)C2=O)cc1. The van der Waals surface area contributed by atoms with Gasteiger partial charge in [-0.05, 0) is 56.0 Å². The summed E-state index contributed by atoms with van der Waals surface area (Å²) in [5, 5.41) is 5.50. The van der Waals surface area contributed by atoms with Gasteiger partial charge < -0.3 is 4.98 Å². The molecule has 4 nitrogen and oxygen atoms in total. The first-order chi connectivity index (χ1) is 11.6. The van der Waals surface area contributed by atoms with E-state index in [1.807, 2.05) is 31.2 Å². The van der Waals surface area contributed by atoms with Crippen LogP contribution in [0, 0.1) is 13.8 Å². The third-order valence-corrected chi connectivity index (χ3v) is 4.53. The molecule has 0 spiro atoms. The molecule has 0 amide bonds. The molecule has 0 unspecified atom stereocenters. The van der Waals surface area contributed by atoms with Crippen LogP contribution in [0.3, 0.4) is 0 Å². The van der Waals surface area contributed by atoms with E-state index in [-0.39, 0.29) is 5.78 Å². The number of aromatic amines is 1. The summed E-state index contributed by atoms with van der Waals surface area (Å²) in [5.74, 6) is -0.00952. The zero-order valence-corrected chi connectivity index (χ0v) is 13.8. The lowest BCUT2D eigenvalue weighted by atomic mass is 9.93. The van der Waals surface area contributed by atoms with E-state index in [0.717, 1.165) is 28.6 Å². The number of Topliss-reactive ketones (excluding diaryl/α,β-unsaturated/α-hetero) is 1. The molecule has 2 N–H and O–H groups in total. The molecule has 0 aliphatic heterocycles. The number of benzene rings is 2. The average Bonchev–Trinajstić information content (AvgIpc) is 2.94. The highest BCUT2D eigenvalue weighted by Gasteiger charge is 2.27. The highest BCUT2D eigenvalue weighted by atomic mass is 16.1. The number of aryl methyl sites for hydroxylation is 3. The van der Waals surface area contributed by atoms with Gasteiger partial charge in [-0.25, -0.2) is 0 Å². The minimum atomic E-state index is -0.00952. The van der Waals surface area contributed by atoms with Crippen LogP contribution in [0.25, 0.3) is 10.9 Å². The summed E-state index contributed by atoms with van der Waals surface area (Å²) in [6.07, 6.45) is 1.49. The highest BCUT2D eigenvalue weighted by molar-refractivity contribution is 6.47. The van der Waals surface area contributed by atoms with Crippen LogP contribution in [0.15, 0.2) is 47.6 Å². The summed E-state index contributed by atoms with van der Waals surface area (Å²) >= 11 is 0. The molecule has 1 aliphatic carbocycles. The van der Waals surface area contributed by atoms with Gasteiger partial charge in [-0.2, -0.15) is 5.10 Å². The van der Waals surface area contributed by atoms with Crippen molar-refractivity contribution < 1.29 is 4.79 Å². The Morgan fingerprint density at radius 3 is 2.54 bits per heavy atom. The van der Waals surface area contributed by atoms with Crippen molar-refractivity contribution in [2.45, 2.75) is 26.7 Å². The maximum atomic E-state index is 12.7. The van der Waals surface area contributed by atoms with Crippen molar-refractivity contribution in [3.8, 4) is 0 Å². The van der Waals surface area contributed by atoms with Crippen LogP contribution in [0.5, 0.6) is 0 Å². The maximum absolute atomic E-state index is 12.7. The van der Waals surface area contributed by atoms with Gasteiger partial charge in [0.25, 0.3) is 0 Å². The number of H-pyrrole nitrogens is 1. The number of hydrogen-bond donors (Lipinski definition) is 2. The van der Waals surface area contributed by atoms with Crippen molar-refractivity contribution in [2.24, 2.45) is 5.10 Å². The minimum Gasteiger partial charge on any atom is -0.352 e. The van der Waals surface area contributed by atoms with E-state index >= 15 is 0 Å². The first-order valence-electron chi connectivity index (χ1n) is 8.17. The molecule has 0 bridgehead atoms. The number of hydrazone groups is 1. The second-order valence-corrected chi connectivity index (χ2v) is 6.39. The number of carbonyl (C=O) groups is 1. The molecule has 0 atom stereocenters. The first kappa shape index (κ1) is 14.7. The lowest BCUT2D eigenvalue weighted by Crippen LogP contribution is -2.23. The Morgan fingerprint density at radius 1 is 1.00 bits per heavy atom. The molecule has 0 saturated carbocycles. The quantitative estimate of drug-likeness (QED) is 0.689. The third kappa shape index (κ3) is 2.50. The molecular weight excluding hydrogens is 298 g/mol. The van der Waals surface area contributed by atoms with Crippen LogP contribution < -0.4 is 5.43 Å². The number of hydrogen-bond acceptors (Lipinski definition) is 3. The second-order valence-electron chi connectivity index (χ2n) is 6.39. The van der Waals surface area contributed by atoms with Gasteiger partial charge in [-0.15, -0.1) is 0 Å². The van der Waals surface area contributed by atoms with E-state index in [0.29, 0.717) is 17.8 Å². The van der Waals surface area contributed by atoms with Crippen molar-refractivity contribution in [1.82, 2.24) is 4.98 Å². The molecule has 2 aromatic carbocycles. The van der Waals surface area contributed by atoms with Crippen LogP contribution in [-0.4, -0.2) is 16.5 Å². The van der Waals surface area contributed by atoms with Crippen molar-refractivity contribution in [2.75, 3.05) is 5.43 Å². The van der Waals surface area contributed by atoms with Gasteiger partial charge >= 0.3 is 0 Å². The largest absolute Gasteiger partial charge is 0.352 e. The molecule has 4 heteroatoms. The van der Waals surface area contributed by atoms with Crippen molar-refractivity contribution in [1.29, 1.82) is 0 Å². The zero-order valence-electron chi connectivity index (χ0n) is 13.8. The average molecular weight is 317 g/mol. The third-order valence-electron chi connectivity index (χ3n) is 4.53. The lowest BCUT2D eigenvalue weighted by molar-refractivity contribution is 0.105. The number of carbonyl (C=O) groups excluding carboxylic acids is 1. The van der Waals surface area contributed by atoms with Crippen molar-refractivity contribution >= 4 is 28.1 Å². The molecule has 1 heterocycles. The number of rotatable bonds is 2. The molecule has 4 rings (SSSR count). The Morgan fingerprint density at radius 2 is 1.75 bits per heavy atom. The maximum Gasteiger partial charge on any atom is 0.225 e. The number of ketones is 1. The summed E-state index contributed by atoms with van der Waals surface area (Å²) < 4.78 is 0. The van der Waals surface area contributed by atoms with Crippen LogP contribution in [0.1, 0.15) is 33.6 Å². The summed E-state index contributed by atoms with van der Waals surface area (Å²) in [7, 11) is 0. The fourth-order valence-corrected chi connectivity index (χ4v) is 3.19. The fraction of sp³-hybridized carbons (Fsp3) is 0.200. The molecule has 1 aliphatic rings.